The number of allylic oxidation sites excluding steroid dienone is 1. The first-order valence-corrected chi connectivity index (χ1v) is 3.57. The molecule has 0 bridgehead atoms. The third-order valence-corrected chi connectivity index (χ3v) is 1.92. The largest absolute Gasteiger partial charge is 0.323 e. The molecule has 0 saturated heterocycles. The highest BCUT2D eigenvalue weighted by Crippen LogP contribution is 2.21. The standard InChI is InChI=1S/C8H12N2/c1-6-2-3-8(10)7(4-6)5-9/h2-3,6-8H,4,10H2,1H3. The van der Waals surface area contributed by atoms with Crippen molar-refractivity contribution in [2.45, 2.75) is 19.4 Å². The Balaban J connectivity index is 2.64. The van der Waals surface area contributed by atoms with Crippen molar-refractivity contribution in [2.24, 2.45) is 17.6 Å². The van der Waals surface area contributed by atoms with Gasteiger partial charge in [0.25, 0.3) is 0 Å². The SMILES string of the molecule is CC1C=CC(N)C(C#N)C1. The number of nitriles is 1. The minimum atomic E-state index is -0.0406. The summed E-state index contributed by atoms with van der Waals surface area (Å²) in [5.41, 5.74) is 5.64. The lowest BCUT2D eigenvalue weighted by atomic mass is 9.85. The normalized spacial score (nSPS) is 39.1. The Morgan fingerprint density at radius 3 is 2.80 bits per heavy atom. The summed E-state index contributed by atoms with van der Waals surface area (Å²) in [6.45, 7) is 2.10. The van der Waals surface area contributed by atoms with E-state index >= 15 is 0 Å². The van der Waals surface area contributed by atoms with Crippen LogP contribution in [0.3, 0.4) is 0 Å². The molecule has 0 aromatic heterocycles. The van der Waals surface area contributed by atoms with Gasteiger partial charge in [0.05, 0.1) is 12.0 Å². The molecule has 0 heterocycles. The fourth-order valence-corrected chi connectivity index (χ4v) is 1.23. The van der Waals surface area contributed by atoms with Crippen molar-refractivity contribution in [1.29, 1.82) is 5.26 Å². The van der Waals surface area contributed by atoms with E-state index in [0.717, 1.165) is 6.42 Å². The second-order valence-corrected chi connectivity index (χ2v) is 2.91. The highest BCUT2D eigenvalue weighted by Gasteiger charge is 2.20. The van der Waals surface area contributed by atoms with E-state index < -0.39 is 0 Å². The highest BCUT2D eigenvalue weighted by atomic mass is 14.6. The first-order chi connectivity index (χ1) is 4.74. The molecule has 0 aromatic carbocycles. The first kappa shape index (κ1) is 7.30. The van der Waals surface area contributed by atoms with Crippen LogP contribution < -0.4 is 5.73 Å². The lowest BCUT2D eigenvalue weighted by Crippen LogP contribution is -2.30. The van der Waals surface area contributed by atoms with Gasteiger partial charge in [0, 0.05) is 6.04 Å². The minimum absolute atomic E-state index is 0.0278. The van der Waals surface area contributed by atoms with Gasteiger partial charge in [0.15, 0.2) is 0 Å². The molecular formula is C8H12N2. The van der Waals surface area contributed by atoms with E-state index in [-0.39, 0.29) is 12.0 Å². The molecule has 1 rings (SSSR count). The summed E-state index contributed by atoms with van der Waals surface area (Å²) in [5, 5.41) is 8.62. The Kier molecular flexibility index (Phi) is 2.08. The molecule has 2 N–H and O–H groups in total. The molecule has 3 unspecified atom stereocenters. The molecule has 2 nitrogen and oxygen atoms in total. The van der Waals surface area contributed by atoms with E-state index in [2.05, 4.69) is 19.1 Å². The van der Waals surface area contributed by atoms with Crippen molar-refractivity contribution in [3.63, 3.8) is 0 Å². The predicted molar refractivity (Wildman–Crippen MR) is 40.0 cm³/mol. The predicted octanol–water partition coefficient (Wildman–Crippen LogP) is 1.05. The molecule has 3 atom stereocenters. The summed E-state index contributed by atoms with van der Waals surface area (Å²) < 4.78 is 0. The average molecular weight is 136 g/mol. The molecule has 0 spiro atoms. The van der Waals surface area contributed by atoms with Crippen LogP contribution in [0.2, 0.25) is 0 Å². The highest BCUT2D eigenvalue weighted by molar-refractivity contribution is 5.08. The molecule has 54 valence electrons. The van der Waals surface area contributed by atoms with Crippen LogP contribution in [0.25, 0.3) is 0 Å². The summed E-state index contributed by atoms with van der Waals surface area (Å²) in [7, 11) is 0. The summed E-state index contributed by atoms with van der Waals surface area (Å²) in [4.78, 5) is 0. The van der Waals surface area contributed by atoms with E-state index in [1.807, 2.05) is 6.08 Å². The van der Waals surface area contributed by atoms with E-state index in [0.29, 0.717) is 5.92 Å². The second-order valence-electron chi connectivity index (χ2n) is 2.91. The molecule has 2 heteroatoms. The maximum Gasteiger partial charge on any atom is 0.0675 e. The van der Waals surface area contributed by atoms with Crippen LogP contribution in [0.5, 0.6) is 0 Å². The number of nitrogens with two attached hydrogens (primary N) is 1. The zero-order valence-corrected chi connectivity index (χ0v) is 6.12. The zero-order chi connectivity index (χ0) is 7.56. The van der Waals surface area contributed by atoms with E-state index in [1.54, 1.807) is 0 Å². The van der Waals surface area contributed by atoms with Crippen LogP contribution in [0, 0.1) is 23.2 Å². The second kappa shape index (κ2) is 2.85. The van der Waals surface area contributed by atoms with Gasteiger partial charge in [-0.05, 0) is 12.3 Å². The van der Waals surface area contributed by atoms with E-state index in [9.17, 15) is 0 Å². The lowest BCUT2D eigenvalue weighted by Gasteiger charge is -2.21. The fraction of sp³-hybridized carbons (Fsp3) is 0.625. The summed E-state index contributed by atoms with van der Waals surface area (Å²) in [6.07, 6.45) is 4.93. The maximum atomic E-state index is 8.62. The van der Waals surface area contributed by atoms with Crippen LogP contribution in [0.4, 0.5) is 0 Å². The molecular weight excluding hydrogens is 124 g/mol. The molecule has 1 aliphatic rings. The average Bonchev–Trinajstić information content (AvgIpc) is 1.94. The van der Waals surface area contributed by atoms with Gasteiger partial charge in [-0.25, -0.2) is 0 Å². The molecule has 10 heavy (non-hydrogen) atoms. The van der Waals surface area contributed by atoms with E-state index in [4.69, 9.17) is 11.0 Å². The Hall–Kier alpha value is -0.810. The van der Waals surface area contributed by atoms with Crippen molar-refractivity contribution >= 4 is 0 Å². The number of nitrogens with zero attached hydrogens (tertiary/aromatic N) is 1. The number of hydrogen-bond donors (Lipinski definition) is 1. The molecule has 0 radical (unpaired) electrons. The zero-order valence-electron chi connectivity index (χ0n) is 6.12. The van der Waals surface area contributed by atoms with Crippen molar-refractivity contribution in [1.82, 2.24) is 0 Å². The quantitative estimate of drug-likeness (QED) is 0.506. The van der Waals surface area contributed by atoms with Crippen LogP contribution in [-0.2, 0) is 0 Å². The number of rotatable bonds is 0. The summed E-state index contributed by atoms with van der Waals surface area (Å²) >= 11 is 0. The van der Waals surface area contributed by atoms with Gasteiger partial charge in [-0.2, -0.15) is 5.26 Å². The van der Waals surface area contributed by atoms with Crippen molar-refractivity contribution in [2.75, 3.05) is 0 Å². The van der Waals surface area contributed by atoms with Gasteiger partial charge in [0.2, 0.25) is 0 Å². The molecule has 0 amide bonds. The number of hydrogen-bond acceptors (Lipinski definition) is 2. The Labute approximate surface area is 61.3 Å². The summed E-state index contributed by atoms with van der Waals surface area (Å²) in [6, 6.07) is 2.17. The molecule has 0 aromatic rings. The molecule has 1 aliphatic carbocycles. The maximum absolute atomic E-state index is 8.62. The topological polar surface area (TPSA) is 49.8 Å². The first-order valence-electron chi connectivity index (χ1n) is 3.57. The Morgan fingerprint density at radius 1 is 1.60 bits per heavy atom. The molecule has 0 fully saturated rings. The van der Waals surface area contributed by atoms with Crippen molar-refractivity contribution < 1.29 is 0 Å². The van der Waals surface area contributed by atoms with Gasteiger partial charge >= 0.3 is 0 Å². The van der Waals surface area contributed by atoms with Crippen LogP contribution in [-0.4, -0.2) is 6.04 Å². The van der Waals surface area contributed by atoms with Crippen LogP contribution >= 0.6 is 0 Å². The van der Waals surface area contributed by atoms with E-state index in [1.165, 1.54) is 0 Å². The Bertz CT molecular complexity index is 178. The van der Waals surface area contributed by atoms with Gasteiger partial charge in [-0.15, -0.1) is 0 Å². The van der Waals surface area contributed by atoms with Gasteiger partial charge < -0.3 is 5.73 Å². The smallest absolute Gasteiger partial charge is 0.0675 e. The minimum Gasteiger partial charge on any atom is -0.323 e. The van der Waals surface area contributed by atoms with Gasteiger partial charge in [-0.3, -0.25) is 0 Å². The Morgan fingerprint density at radius 2 is 2.30 bits per heavy atom. The van der Waals surface area contributed by atoms with Crippen LogP contribution in [0.1, 0.15) is 13.3 Å². The fourth-order valence-electron chi connectivity index (χ4n) is 1.23. The third kappa shape index (κ3) is 1.37. The monoisotopic (exact) mass is 136 g/mol. The molecule has 0 aliphatic heterocycles. The van der Waals surface area contributed by atoms with Crippen molar-refractivity contribution in [3.8, 4) is 6.07 Å². The van der Waals surface area contributed by atoms with Crippen LogP contribution in [0.15, 0.2) is 12.2 Å². The van der Waals surface area contributed by atoms with Gasteiger partial charge in [-0.1, -0.05) is 19.1 Å². The third-order valence-electron chi connectivity index (χ3n) is 1.92. The van der Waals surface area contributed by atoms with Crippen molar-refractivity contribution in [3.05, 3.63) is 12.2 Å². The van der Waals surface area contributed by atoms with Gasteiger partial charge in [0.1, 0.15) is 0 Å². The lowest BCUT2D eigenvalue weighted by molar-refractivity contribution is 0.454. The molecule has 0 saturated carbocycles. The summed E-state index contributed by atoms with van der Waals surface area (Å²) in [5.74, 6) is 0.546.